The molecule has 2 aliphatic rings. The number of anilines is 1. The van der Waals surface area contributed by atoms with Crippen LogP contribution in [0.4, 0.5) is 5.69 Å². The lowest BCUT2D eigenvalue weighted by Gasteiger charge is -2.27. The Labute approximate surface area is 177 Å². The zero-order chi connectivity index (χ0) is 19.9. The molecular weight excluding hydrogens is 391 g/mol. The molecule has 0 aromatic heterocycles. The predicted molar refractivity (Wildman–Crippen MR) is 117 cm³/mol. The lowest BCUT2D eigenvalue weighted by Crippen LogP contribution is -2.28. The van der Waals surface area contributed by atoms with Crippen LogP contribution in [0.2, 0.25) is 10.0 Å². The molecule has 0 spiro atoms. The summed E-state index contributed by atoms with van der Waals surface area (Å²) in [6.07, 6.45) is 3.61. The first-order valence-corrected chi connectivity index (χ1v) is 10.8. The van der Waals surface area contributed by atoms with Gasteiger partial charge in [0.1, 0.15) is 0 Å². The number of nitrogens with zero attached hydrogens (tertiary/aromatic N) is 1. The van der Waals surface area contributed by atoms with E-state index in [1.807, 2.05) is 19.1 Å². The van der Waals surface area contributed by atoms with E-state index in [4.69, 9.17) is 23.2 Å². The third-order valence-corrected chi connectivity index (χ3v) is 6.70. The third-order valence-electron chi connectivity index (χ3n) is 6.26. The molecule has 1 saturated heterocycles. The summed E-state index contributed by atoms with van der Waals surface area (Å²) in [6.45, 7) is 6.14. The highest BCUT2D eigenvalue weighted by atomic mass is 35.5. The highest BCUT2D eigenvalue weighted by Crippen LogP contribution is 2.40. The maximum Gasteiger partial charge on any atom is 0.220 e. The van der Waals surface area contributed by atoms with Crippen LogP contribution >= 0.6 is 23.2 Å². The standard InChI is InChI=1S/C23H26Cl2N2O/c1-3-22(28)26-21-7-4-15-10-19(5-6-20(15)21)27-9-8-23(2,14-27)16-11-17(24)13-18(25)12-16/h5-6,10-13,21H,3-4,7-9,14H2,1-2H3,(H,26,28). The summed E-state index contributed by atoms with van der Waals surface area (Å²) in [5.41, 5.74) is 5.13. The number of fused-ring (bicyclic) bond motifs is 1. The van der Waals surface area contributed by atoms with Crippen LogP contribution in [-0.4, -0.2) is 19.0 Å². The van der Waals surface area contributed by atoms with Crippen LogP contribution in [0, 0.1) is 0 Å². The van der Waals surface area contributed by atoms with E-state index in [0.717, 1.165) is 32.4 Å². The Hall–Kier alpha value is -1.71. The zero-order valence-electron chi connectivity index (χ0n) is 16.4. The van der Waals surface area contributed by atoms with E-state index in [1.54, 1.807) is 6.07 Å². The molecule has 1 aliphatic carbocycles. The molecule has 0 saturated carbocycles. The van der Waals surface area contributed by atoms with Gasteiger partial charge in [0.25, 0.3) is 0 Å². The molecule has 1 aliphatic heterocycles. The van der Waals surface area contributed by atoms with E-state index >= 15 is 0 Å². The van der Waals surface area contributed by atoms with Crippen LogP contribution in [-0.2, 0) is 16.6 Å². The summed E-state index contributed by atoms with van der Waals surface area (Å²) < 4.78 is 0. The maximum atomic E-state index is 11.8. The number of amides is 1. The summed E-state index contributed by atoms with van der Waals surface area (Å²) in [5.74, 6) is 0.123. The van der Waals surface area contributed by atoms with Gasteiger partial charge in [-0.05, 0) is 66.3 Å². The number of nitrogens with one attached hydrogen (secondary N) is 1. The average Bonchev–Trinajstić information content (AvgIpc) is 3.25. The molecule has 1 N–H and O–H groups in total. The number of benzene rings is 2. The molecule has 1 amide bonds. The van der Waals surface area contributed by atoms with Crippen LogP contribution in [0.25, 0.3) is 0 Å². The number of hydrogen-bond donors (Lipinski definition) is 1. The number of hydrogen-bond acceptors (Lipinski definition) is 2. The lowest BCUT2D eigenvalue weighted by molar-refractivity contribution is -0.121. The molecule has 148 valence electrons. The van der Waals surface area contributed by atoms with Gasteiger partial charge in [-0.3, -0.25) is 4.79 Å². The molecule has 4 rings (SSSR count). The van der Waals surface area contributed by atoms with Crippen molar-refractivity contribution in [3.63, 3.8) is 0 Å². The minimum atomic E-state index is 0.0329. The Bertz CT molecular complexity index is 893. The Morgan fingerprint density at radius 3 is 2.68 bits per heavy atom. The van der Waals surface area contributed by atoms with Gasteiger partial charge in [0.15, 0.2) is 0 Å². The van der Waals surface area contributed by atoms with Crippen molar-refractivity contribution in [2.75, 3.05) is 18.0 Å². The fourth-order valence-corrected chi connectivity index (χ4v) is 5.09. The molecule has 1 heterocycles. The monoisotopic (exact) mass is 416 g/mol. The van der Waals surface area contributed by atoms with Gasteiger partial charge >= 0.3 is 0 Å². The lowest BCUT2D eigenvalue weighted by atomic mass is 9.82. The van der Waals surface area contributed by atoms with Crippen molar-refractivity contribution >= 4 is 34.8 Å². The molecule has 2 unspecified atom stereocenters. The van der Waals surface area contributed by atoms with Crippen molar-refractivity contribution in [3.05, 3.63) is 63.1 Å². The van der Waals surface area contributed by atoms with E-state index in [0.29, 0.717) is 16.5 Å². The first-order valence-electron chi connectivity index (χ1n) is 10.0. The summed E-state index contributed by atoms with van der Waals surface area (Å²) in [5, 5.41) is 4.53. The minimum absolute atomic E-state index is 0.0329. The number of aryl methyl sites for hydroxylation is 1. The van der Waals surface area contributed by atoms with E-state index in [-0.39, 0.29) is 17.4 Å². The van der Waals surface area contributed by atoms with Gasteiger partial charge in [-0.1, -0.05) is 43.1 Å². The van der Waals surface area contributed by atoms with Crippen LogP contribution in [0.15, 0.2) is 36.4 Å². The molecule has 0 bridgehead atoms. The van der Waals surface area contributed by atoms with E-state index in [2.05, 4.69) is 35.3 Å². The van der Waals surface area contributed by atoms with Gasteiger partial charge in [-0.15, -0.1) is 0 Å². The Balaban J connectivity index is 1.53. The van der Waals surface area contributed by atoms with Crippen LogP contribution in [0.1, 0.15) is 55.8 Å². The normalized spacial score (nSPS) is 23.7. The number of halogens is 2. The summed E-state index contributed by atoms with van der Waals surface area (Å²) >= 11 is 12.5. The smallest absolute Gasteiger partial charge is 0.220 e. The molecule has 2 atom stereocenters. The van der Waals surface area contributed by atoms with Crippen molar-refractivity contribution in [2.45, 2.75) is 51.0 Å². The van der Waals surface area contributed by atoms with E-state index < -0.39 is 0 Å². The topological polar surface area (TPSA) is 32.3 Å². The highest BCUT2D eigenvalue weighted by molar-refractivity contribution is 6.34. The number of carbonyl (C=O) groups is 1. The second-order valence-electron chi connectivity index (χ2n) is 8.29. The van der Waals surface area contributed by atoms with Crippen LogP contribution < -0.4 is 10.2 Å². The average molecular weight is 417 g/mol. The summed E-state index contributed by atoms with van der Waals surface area (Å²) in [4.78, 5) is 14.2. The summed E-state index contributed by atoms with van der Waals surface area (Å²) in [6, 6.07) is 12.7. The van der Waals surface area contributed by atoms with Crippen molar-refractivity contribution in [1.82, 2.24) is 5.32 Å². The second kappa shape index (κ2) is 7.61. The molecule has 5 heteroatoms. The minimum Gasteiger partial charge on any atom is -0.371 e. The fraction of sp³-hybridized carbons (Fsp3) is 0.435. The van der Waals surface area contributed by atoms with Crippen molar-refractivity contribution < 1.29 is 4.79 Å². The molecule has 2 aromatic carbocycles. The van der Waals surface area contributed by atoms with Crippen molar-refractivity contribution in [1.29, 1.82) is 0 Å². The first kappa shape index (κ1) is 19.6. The van der Waals surface area contributed by atoms with Crippen molar-refractivity contribution in [2.24, 2.45) is 0 Å². The van der Waals surface area contributed by atoms with Crippen molar-refractivity contribution in [3.8, 4) is 0 Å². The Morgan fingerprint density at radius 1 is 1.21 bits per heavy atom. The zero-order valence-corrected chi connectivity index (χ0v) is 17.9. The van der Waals surface area contributed by atoms with Gasteiger partial charge < -0.3 is 10.2 Å². The largest absolute Gasteiger partial charge is 0.371 e. The van der Waals surface area contributed by atoms with Gasteiger partial charge in [-0.25, -0.2) is 0 Å². The second-order valence-corrected chi connectivity index (χ2v) is 9.16. The van der Waals surface area contributed by atoms with Gasteiger partial charge in [0.2, 0.25) is 5.91 Å². The quantitative estimate of drug-likeness (QED) is 0.695. The first-order chi connectivity index (χ1) is 13.4. The molecule has 1 fully saturated rings. The molecule has 0 radical (unpaired) electrons. The summed E-state index contributed by atoms with van der Waals surface area (Å²) in [7, 11) is 0. The Morgan fingerprint density at radius 2 is 1.96 bits per heavy atom. The van der Waals surface area contributed by atoms with Gasteiger partial charge in [0, 0.05) is 40.7 Å². The molecule has 28 heavy (non-hydrogen) atoms. The van der Waals surface area contributed by atoms with Crippen LogP contribution in [0.5, 0.6) is 0 Å². The number of rotatable bonds is 4. The third kappa shape index (κ3) is 3.75. The maximum absolute atomic E-state index is 11.8. The number of carbonyl (C=O) groups excluding carboxylic acids is 1. The highest BCUT2D eigenvalue weighted by Gasteiger charge is 2.36. The predicted octanol–water partition coefficient (Wildman–Crippen LogP) is 5.67. The Kier molecular flexibility index (Phi) is 5.32. The van der Waals surface area contributed by atoms with Gasteiger partial charge in [0.05, 0.1) is 6.04 Å². The fourth-order valence-electron chi connectivity index (χ4n) is 4.57. The molecule has 3 nitrogen and oxygen atoms in total. The van der Waals surface area contributed by atoms with Crippen LogP contribution in [0.3, 0.4) is 0 Å². The van der Waals surface area contributed by atoms with E-state index in [9.17, 15) is 4.79 Å². The molecule has 2 aromatic rings. The van der Waals surface area contributed by atoms with Gasteiger partial charge in [-0.2, -0.15) is 0 Å². The molecular formula is C23H26Cl2N2O. The van der Waals surface area contributed by atoms with E-state index in [1.165, 1.54) is 22.4 Å². The SMILES string of the molecule is CCC(=O)NC1CCc2cc(N3CCC(C)(c4cc(Cl)cc(Cl)c4)C3)ccc21.